The monoisotopic (exact) mass is 288 g/mol. The Morgan fingerprint density at radius 1 is 1.10 bits per heavy atom. The first kappa shape index (κ1) is 14.8. The van der Waals surface area contributed by atoms with Crippen LogP contribution in [0, 0.1) is 0 Å². The number of nitrogens with one attached hydrogen (secondary N) is 2. The van der Waals surface area contributed by atoms with Crippen molar-refractivity contribution >= 4 is 22.9 Å². The summed E-state index contributed by atoms with van der Waals surface area (Å²) in [5.41, 5.74) is 3.40. The molecule has 0 saturated heterocycles. The first-order valence-corrected chi connectivity index (χ1v) is 7.83. The van der Waals surface area contributed by atoms with Gasteiger partial charge in [-0.05, 0) is 46.5 Å². The molecule has 0 bridgehead atoms. The van der Waals surface area contributed by atoms with Crippen LogP contribution in [0.3, 0.4) is 0 Å². The fraction of sp³-hybridized carbons (Fsp3) is 0.312. The van der Waals surface area contributed by atoms with Gasteiger partial charge in [-0.2, -0.15) is 11.3 Å². The third-order valence-electron chi connectivity index (χ3n) is 2.95. The predicted octanol–water partition coefficient (Wildman–Crippen LogP) is 3.78. The number of carbonyl (C=O) groups is 1. The van der Waals surface area contributed by atoms with Crippen LogP contribution in [0.15, 0.2) is 41.1 Å². The SMILES string of the molecule is CCCC(=O)Nc1ccc(CNCc2ccsc2)cc1. The van der Waals surface area contributed by atoms with Crippen molar-refractivity contribution in [1.29, 1.82) is 0 Å². The smallest absolute Gasteiger partial charge is 0.224 e. The van der Waals surface area contributed by atoms with E-state index in [1.165, 1.54) is 11.1 Å². The molecule has 1 heterocycles. The molecule has 0 unspecified atom stereocenters. The van der Waals surface area contributed by atoms with Crippen molar-refractivity contribution in [2.24, 2.45) is 0 Å². The van der Waals surface area contributed by atoms with E-state index in [4.69, 9.17) is 0 Å². The summed E-state index contributed by atoms with van der Waals surface area (Å²) in [6.45, 7) is 3.72. The number of benzene rings is 1. The van der Waals surface area contributed by atoms with Gasteiger partial charge in [-0.15, -0.1) is 0 Å². The van der Waals surface area contributed by atoms with E-state index in [0.29, 0.717) is 6.42 Å². The van der Waals surface area contributed by atoms with Crippen LogP contribution in [-0.2, 0) is 17.9 Å². The Morgan fingerprint density at radius 2 is 1.85 bits per heavy atom. The van der Waals surface area contributed by atoms with Crippen molar-refractivity contribution in [3.63, 3.8) is 0 Å². The van der Waals surface area contributed by atoms with E-state index in [1.54, 1.807) is 11.3 Å². The van der Waals surface area contributed by atoms with Crippen LogP contribution in [0.5, 0.6) is 0 Å². The predicted molar refractivity (Wildman–Crippen MR) is 84.8 cm³/mol. The molecule has 1 amide bonds. The van der Waals surface area contributed by atoms with E-state index < -0.39 is 0 Å². The van der Waals surface area contributed by atoms with Crippen molar-refractivity contribution in [2.45, 2.75) is 32.9 Å². The Bertz CT molecular complexity index is 520. The standard InChI is InChI=1S/C16H20N2OS/c1-2-3-16(19)18-15-6-4-13(5-7-15)10-17-11-14-8-9-20-12-14/h4-9,12,17H,2-3,10-11H2,1H3,(H,18,19). The third-order valence-corrected chi connectivity index (χ3v) is 3.69. The molecular weight excluding hydrogens is 268 g/mol. The Kier molecular flexibility index (Phi) is 5.77. The van der Waals surface area contributed by atoms with E-state index in [9.17, 15) is 4.79 Å². The molecule has 1 aromatic heterocycles. The van der Waals surface area contributed by atoms with Crippen molar-refractivity contribution in [3.05, 3.63) is 52.2 Å². The molecule has 20 heavy (non-hydrogen) atoms. The number of rotatable bonds is 7. The van der Waals surface area contributed by atoms with E-state index in [2.05, 4.69) is 27.5 Å². The van der Waals surface area contributed by atoms with Gasteiger partial charge in [0.1, 0.15) is 0 Å². The Labute approximate surface area is 124 Å². The maximum absolute atomic E-state index is 11.5. The van der Waals surface area contributed by atoms with Gasteiger partial charge in [0.05, 0.1) is 0 Å². The summed E-state index contributed by atoms with van der Waals surface area (Å²) in [5, 5.41) is 10.5. The van der Waals surface area contributed by atoms with E-state index in [1.807, 2.05) is 31.2 Å². The number of hydrogen-bond acceptors (Lipinski definition) is 3. The summed E-state index contributed by atoms with van der Waals surface area (Å²) >= 11 is 1.72. The van der Waals surface area contributed by atoms with Crippen molar-refractivity contribution < 1.29 is 4.79 Å². The molecule has 3 nitrogen and oxygen atoms in total. The third kappa shape index (κ3) is 4.79. The molecule has 4 heteroatoms. The second kappa shape index (κ2) is 7.82. The average molecular weight is 288 g/mol. The van der Waals surface area contributed by atoms with E-state index in [0.717, 1.165) is 25.2 Å². The van der Waals surface area contributed by atoms with Gasteiger partial charge in [0, 0.05) is 25.2 Å². The van der Waals surface area contributed by atoms with Gasteiger partial charge in [0.15, 0.2) is 0 Å². The fourth-order valence-electron chi connectivity index (χ4n) is 1.90. The summed E-state index contributed by atoms with van der Waals surface area (Å²) in [6, 6.07) is 10.1. The number of carbonyl (C=O) groups excluding carboxylic acids is 1. The Hall–Kier alpha value is -1.65. The van der Waals surface area contributed by atoms with E-state index in [-0.39, 0.29) is 5.91 Å². The van der Waals surface area contributed by atoms with Crippen LogP contribution >= 0.6 is 11.3 Å². The molecular formula is C16H20N2OS. The minimum Gasteiger partial charge on any atom is -0.326 e. The summed E-state index contributed by atoms with van der Waals surface area (Å²) in [5.74, 6) is 0.0795. The van der Waals surface area contributed by atoms with Crippen molar-refractivity contribution in [3.8, 4) is 0 Å². The van der Waals surface area contributed by atoms with Crippen LogP contribution < -0.4 is 10.6 Å². The van der Waals surface area contributed by atoms with Crippen LogP contribution in [-0.4, -0.2) is 5.91 Å². The minimum absolute atomic E-state index is 0.0795. The van der Waals surface area contributed by atoms with Crippen molar-refractivity contribution in [2.75, 3.05) is 5.32 Å². The van der Waals surface area contributed by atoms with Crippen LogP contribution in [0.1, 0.15) is 30.9 Å². The molecule has 106 valence electrons. The van der Waals surface area contributed by atoms with Gasteiger partial charge >= 0.3 is 0 Å². The Morgan fingerprint density at radius 3 is 2.50 bits per heavy atom. The lowest BCUT2D eigenvalue weighted by Crippen LogP contribution is -2.13. The summed E-state index contributed by atoms with van der Waals surface area (Å²) < 4.78 is 0. The lowest BCUT2D eigenvalue weighted by Gasteiger charge is -2.07. The van der Waals surface area contributed by atoms with Crippen LogP contribution in [0.25, 0.3) is 0 Å². The van der Waals surface area contributed by atoms with Gasteiger partial charge in [0.25, 0.3) is 0 Å². The quantitative estimate of drug-likeness (QED) is 0.814. The molecule has 2 aromatic rings. The fourth-order valence-corrected chi connectivity index (χ4v) is 2.57. The lowest BCUT2D eigenvalue weighted by molar-refractivity contribution is -0.116. The number of amides is 1. The zero-order valence-corrected chi connectivity index (χ0v) is 12.5. The number of thiophene rings is 1. The summed E-state index contributed by atoms with van der Waals surface area (Å²) in [7, 11) is 0. The maximum atomic E-state index is 11.5. The highest BCUT2D eigenvalue weighted by atomic mass is 32.1. The first-order chi connectivity index (χ1) is 9.78. The summed E-state index contributed by atoms with van der Waals surface area (Å²) in [6.07, 6.45) is 1.44. The number of anilines is 1. The molecule has 0 saturated carbocycles. The van der Waals surface area contributed by atoms with Gasteiger partial charge in [-0.3, -0.25) is 4.79 Å². The van der Waals surface area contributed by atoms with Gasteiger partial charge < -0.3 is 10.6 Å². The normalized spacial score (nSPS) is 10.4. The van der Waals surface area contributed by atoms with Gasteiger partial charge in [0.2, 0.25) is 5.91 Å². The molecule has 0 aliphatic heterocycles. The topological polar surface area (TPSA) is 41.1 Å². The average Bonchev–Trinajstić information content (AvgIpc) is 2.94. The number of hydrogen-bond donors (Lipinski definition) is 2. The molecule has 2 N–H and O–H groups in total. The molecule has 1 aromatic carbocycles. The maximum Gasteiger partial charge on any atom is 0.224 e. The highest BCUT2D eigenvalue weighted by molar-refractivity contribution is 7.07. The minimum atomic E-state index is 0.0795. The zero-order chi connectivity index (χ0) is 14.2. The highest BCUT2D eigenvalue weighted by Crippen LogP contribution is 2.11. The van der Waals surface area contributed by atoms with Crippen molar-refractivity contribution in [1.82, 2.24) is 5.32 Å². The molecule has 0 aliphatic carbocycles. The first-order valence-electron chi connectivity index (χ1n) is 6.88. The lowest BCUT2D eigenvalue weighted by atomic mass is 10.2. The van der Waals surface area contributed by atoms with Gasteiger partial charge in [-0.1, -0.05) is 19.1 Å². The molecule has 0 spiro atoms. The van der Waals surface area contributed by atoms with E-state index >= 15 is 0 Å². The zero-order valence-electron chi connectivity index (χ0n) is 11.7. The molecule has 0 aliphatic rings. The Balaban J connectivity index is 1.77. The molecule has 2 rings (SSSR count). The second-order valence-corrected chi connectivity index (χ2v) is 5.51. The molecule has 0 fully saturated rings. The molecule has 0 radical (unpaired) electrons. The highest BCUT2D eigenvalue weighted by Gasteiger charge is 2.00. The van der Waals surface area contributed by atoms with Gasteiger partial charge in [-0.25, -0.2) is 0 Å². The van der Waals surface area contributed by atoms with Crippen LogP contribution in [0.2, 0.25) is 0 Å². The second-order valence-electron chi connectivity index (χ2n) is 4.73. The largest absolute Gasteiger partial charge is 0.326 e. The molecule has 0 atom stereocenters. The summed E-state index contributed by atoms with van der Waals surface area (Å²) in [4.78, 5) is 11.5. The van der Waals surface area contributed by atoms with Crippen LogP contribution in [0.4, 0.5) is 5.69 Å².